The molecule has 1 amide bonds. The summed E-state index contributed by atoms with van der Waals surface area (Å²) in [5, 5.41) is 19.1. The topological polar surface area (TPSA) is 136 Å². The van der Waals surface area contributed by atoms with Crippen LogP contribution in [-0.4, -0.2) is 43.8 Å². The Morgan fingerprint density at radius 1 is 1.17 bits per heavy atom. The minimum atomic E-state index is -4.04. The SMILES string of the molecule is NS(=O)(=O)c1ccc(NCCC(=O)N2CCC(c3ccccc3)CC2)c([N+](=O)[O-])c1. The normalized spacial score (nSPS) is 15.0. The number of likely N-dealkylation sites (tertiary alicyclic amines) is 1. The molecule has 9 nitrogen and oxygen atoms in total. The highest BCUT2D eigenvalue weighted by molar-refractivity contribution is 7.89. The summed E-state index contributed by atoms with van der Waals surface area (Å²) in [5.74, 6) is 0.436. The summed E-state index contributed by atoms with van der Waals surface area (Å²) in [6.07, 6.45) is 2.00. The first-order chi connectivity index (χ1) is 14.3. The molecule has 0 spiro atoms. The van der Waals surface area contributed by atoms with Crippen LogP contribution in [0.15, 0.2) is 53.4 Å². The third-order valence-corrected chi connectivity index (χ3v) is 6.18. The molecule has 0 unspecified atom stereocenters. The maximum absolute atomic E-state index is 12.5. The van der Waals surface area contributed by atoms with E-state index in [-0.39, 0.29) is 29.5 Å². The molecule has 0 aliphatic carbocycles. The molecule has 1 heterocycles. The second-order valence-electron chi connectivity index (χ2n) is 7.22. The van der Waals surface area contributed by atoms with Gasteiger partial charge in [0.25, 0.3) is 5.69 Å². The molecule has 160 valence electrons. The van der Waals surface area contributed by atoms with Crippen LogP contribution in [0.5, 0.6) is 0 Å². The van der Waals surface area contributed by atoms with Crippen molar-refractivity contribution >= 4 is 27.3 Å². The van der Waals surface area contributed by atoms with Gasteiger partial charge in [-0.2, -0.15) is 0 Å². The summed E-state index contributed by atoms with van der Waals surface area (Å²) in [4.78, 5) is 24.5. The molecule has 2 aromatic rings. The molecule has 3 rings (SSSR count). The third-order valence-electron chi connectivity index (χ3n) is 5.27. The van der Waals surface area contributed by atoms with Gasteiger partial charge in [-0.15, -0.1) is 0 Å². The predicted octanol–water partition coefficient (Wildman–Crippen LogP) is 2.45. The van der Waals surface area contributed by atoms with Crippen LogP contribution in [0, 0.1) is 10.1 Å². The lowest BCUT2D eigenvalue weighted by molar-refractivity contribution is -0.384. The maximum Gasteiger partial charge on any atom is 0.293 e. The fourth-order valence-electron chi connectivity index (χ4n) is 3.64. The molecule has 0 atom stereocenters. The van der Waals surface area contributed by atoms with E-state index in [1.54, 1.807) is 0 Å². The van der Waals surface area contributed by atoms with Gasteiger partial charge in [-0.05, 0) is 36.5 Å². The second kappa shape index (κ2) is 9.23. The standard InChI is InChI=1S/C20H24N4O5S/c21-30(28,29)17-6-7-18(19(14-17)24(26)27)22-11-8-20(25)23-12-9-16(10-13-23)15-4-2-1-3-5-15/h1-7,14,16,22H,8-13H2,(H2,21,28,29). The number of carbonyl (C=O) groups excluding carboxylic acids is 1. The summed E-state index contributed by atoms with van der Waals surface area (Å²) in [6, 6.07) is 13.6. The van der Waals surface area contributed by atoms with Crippen LogP contribution in [0.25, 0.3) is 0 Å². The smallest absolute Gasteiger partial charge is 0.293 e. The average molecular weight is 433 g/mol. The number of nitrogens with zero attached hydrogens (tertiary/aromatic N) is 2. The summed E-state index contributed by atoms with van der Waals surface area (Å²) in [6.45, 7) is 1.57. The van der Waals surface area contributed by atoms with Crippen LogP contribution >= 0.6 is 0 Å². The van der Waals surface area contributed by atoms with Crippen LogP contribution in [0.1, 0.15) is 30.7 Å². The van der Waals surface area contributed by atoms with Crippen molar-refractivity contribution in [1.82, 2.24) is 4.90 Å². The van der Waals surface area contributed by atoms with E-state index in [9.17, 15) is 23.3 Å². The number of nitrogens with two attached hydrogens (primary N) is 1. The quantitative estimate of drug-likeness (QED) is 0.509. The van der Waals surface area contributed by atoms with Crippen molar-refractivity contribution in [1.29, 1.82) is 0 Å². The number of nitrogens with one attached hydrogen (secondary N) is 1. The predicted molar refractivity (Wildman–Crippen MR) is 113 cm³/mol. The molecule has 1 aliphatic heterocycles. The van der Waals surface area contributed by atoms with Crippen molar-refractivity contribution in [2.45, 2.75) is 30.1 Å². The molecule has 10 heteroatoms. The Balaban J connectivity index is 1.53. The van der Waals surface area contributed by atoms with Crippen LogP contribution in [0.4, 0.5) is 11.4 Å². The minimum Gasteiger partial charge on any atom is -0.379 e. The Hall–Kier alpha value is -2.98. The van der Waals surface area contributed by atoms with Crippen molar-refractivity contribution < 1.29 is 18.1 Å². The van der Waals surface area contributed by atoms with E-state index in [4.69, 9.17) is 5.14 Å². The molecule has 0 radical (unpaired) electrons. The van der Waals surface area contributed by atoms with E-state index in [0.29, 0.717) is 19.0 Å². The summed E-state index contributed by atoms with van der Waals surface area (Å²) in [5.41, 5.74) is 1.03. The number of primary sulfonamides is 1. The van der Waals surface area contributed by atoms with Crippen LogP contribution in [-0.2, 0) is 14.8 Å². The first-order valence-electron chi connectivity index (χ1n) is 9.63. The number of piperidine rings is 1. The van der Waals surface area contributed by atoms with Gasteiger partial charge >= 0.3 is 0 Å². The Kier molecular flexibility index (Phi) is 6.68. The van der Waals surface area contributed by atoms with Gasteiger partial charge in [-0.1, -0.05) is 30.3 Å². The fraction of sp³-hybridized carbons (Fsp3) is 0.350. The molecule has 0 bridgehead atoms. The highest BCUT2D eigenvalue weighted by atomic mass is 32.2. The van der Waals surface area contributed by atoms with Crippen molar-refractivity contribution in [3.8, 4) is 0 Å². The first-order valence-corrected chi connectivity index (χ1v) is 11.2. The lowest BCUT2D eigenvalue weighted by atomic mass is 9.89. The van der Waals surface area contributed by atoms with Gasteiger partial charge in [-0.3, -0.25) is 14.9 Å². The van der Waals surface area contributed by atoms with E-state index >= 15 is 0 Å². The van der Waals surface area contributed by atoms with E-state index in [1.807, 2.05) is 23.1 Å². The number of amides is 1. The lowest BCUT2D eigenvalue weighted by Gasteiger charge is -2.32. The Morgan fingerprint density at radius 3 is 2.43 bits per heavy atom. The zero-order chi connectivity index (χ0) is 21.7. The molecule has 0 saturated carbocycles. The molecule has 3 N–H and O–H groups in total. The van der Waals surface area contributed by atoms with E-state index in [2.05, 4.69) is 17.4 Å². The Bertz CT molecular complexity index is 1020. The van der Waals surface area contributed by atoms with Gasteiger partial charge in [0.15, 0.2) is 0 Å². The minimum absolute atomic E-state index is 0.0159. The van der Waals surface area contributed by atoms with Gasteiger partial charge in [0.1, 0.15) is 5.69 Å². The molecular formula is C20H24N4O5S. The average Bonchev–Trinajstić information content (AvgIpc) is 2.73. The zero-order valence-corrected chi connectivity index (χ0v) is 17.2. The molecule has 2 aromatic carbocycles. The summed E-state index contributed by atoms with van der Waals surface area (Å²) >= 11 is 0. The van der Waals surface area contributed by atoms with E-state index in [0.717, 1.165) is 18.9 Å². The molecular weight excluding hydrogens is 408 g/mol. The van der Waals surface area contributed by atoms with Crippen LogP contribution in [0.3, 0.4) is 0 Å². The molecule has 30 heavy (non-hydrogen) atoms. The van der Waals surface area contributed by atoms with E-state index in [1.165, 1.54) is 17.7 Å². The van der Waals surface area contributed by atoms with Crippen LogP contribution < -0.4 is 10.5 Å². The van der Waals surface area contributed by atoms with Gasteiger partial charge in [0.05, 0.1) is 9.82 Å². The van der Waals surface area contributed by atoms with Gasteiger partial charge in [0, 0.05) is 32.1 Å². The Morgan fingerprint density at radius 2 is 1.83 bits per heavy atom. The highest BCUT2D eigenvalue weighted by Crippen LogP contribution is 2.29. The second-order valence-corrected chi connectivity index (χ2v) is 8.79. The number of benzene rings is 2. The third kappa shape index (κ3) is 5.33. The first kappa shape index (κ1) is 21.7. The number of nitro benzene ring substituents is 1. The zero-order valence-electron chi connectivity index (χ0n) is 16.4. The molecule has 0 aromatic heterocycles. The van der Waals surface area contributed by atoms with Crippen LogP contribution in [0.2, 0.25) is 0 Å². The summed E-state index contributed by atoms with van der Waals surface area (Å²) < 4.78 is 22.8. The fourth-order valence-corrected chi connectivity index (χ4v) is 4.17. The van der Waals surface area contributed by atoms with Crippen molar-refractivity contribution in [3.63, 3.8) is 0 Å². The number of nitro groups is 1. The van der Waals surface area contributed by atoms with Gasteiger partial charge < -0.3 is 10.2 Å². The number of sulfonamides is 1. The number of anilines is 1. The van der Waals surface area contributed by atoms with Crippen molar-refractivity contribution in [2.24, 2.45) is 5.14 Å². The molecule has 1 saturated heterocycles. The van der Waals surface area contributed by atoms with Gasteiger partial charge in [-0.25, -0.2) is 13.6 Å². The largest absolute Gasteiger partial charge is 0.379 e. The molecule has 1 fully saturated rings. The maximum atomic E-state index is 12.5. The number of carbonyl (C=O) groups is 1. The number of rotatable bonds is 7. The summed E-state index contributed by atoms with van der Waals surface area (Å²) in [7, 11) is -4.04. The number of hydrogen-bond acceptors (Lipinski definition) is 6. The monoisotopic (exact) mass is 432 g/mol. The molecule has 1 aliphatic rings. The van der Waals surface area contributed by atoms with E-state index < -0.39 is 20.6 Å². The lowest BCUT2D eigenvalue weighted by Crippen LogP contribution is -2.38. The van der Waals surface area contributed by atoms with Crippen molar-refractivity contribution in [2.75, 3.05) is 25.0 Å². The number of hydrogen-bond donors (Lipinski definition) is 2. The van der Waals surface area contributed by atoms with Crippen molar-refractivity contribution in [3.05, 3.63) is 64.2 Å². The highest BCUT2D eigenvalue weighted by Gasteiger charge is 2.24. The Labute approximate surface area is 175 Å². The van der Waals surface area contributed by atoms with Gasteiger partial charge in [0.2, 0.25) is 15.9 Å².